The summed E-state index contributed by atoms with van der Waals surface area (Å²) < 4.78 is 11.4. The smallest absolute Gasteiger partial charge is 0.186 e. The minimum absolute atomic E-state index is 0.225. The van der Waals surface area contributed by atoms with Crippen LogP contribution in [0.2, 0.25) is 0 Å². The lowest BCUT2D eigenvalue weighted by atomic mass is 9.69. The topological polar surface area (TPSA) is 52.6 Å². The summed E-state index contributed by atoms with van der Waals surface area (Å²) in [7, 11) is 3.22. The highest BCUT2D eigenvalue weighted by Crippen LogP contribution is 2.54. The molecule has 4 nitrogen and oxygen atoms in total. The molecule has 5 aliphatic rings. The Morgan fingerprint density at radius 1 is 0.514 bits per heavy atom. The fourth-order valence-corrected chi connectivity index (χ4v) is 5.57. The quantitative estimate of drug-likeness (QED) is 0.298. The first kappa shape index (κ1) is 21.1. The van der Waals surface area contributed by atoms with Crippen molar-refractivity contribution in [1.82, 2.24) is 0 Å². The first-order chi connectivity index (χ1) is 17.1. The zero-order valence-corrected chi connectivity index (χ0v) is 19.4. The number of carbonyl (C=O) groups excluding carboxylic acids is 2. The fraction of sp³-hybridized carbons (Fsp3) is 0.0968. The third-order valence-corrected chi connectivity index (χ3v) is 7.10. The van der Waals surface area contributed by atoms with E-state index in [1.54, 1.807) is 38.5 Å². The number of methoxy groups -OCH3 is 2. The van der Waals surface area contributed by atoms with E-state index in [2.05, 4.69) is 0 Å². The SMILES string of the molecule is COc1ccccc2c(C3(c4ccc5ccccc(OC)c4-5)C(=O)c4ccccc4C3=O)ccc1-2. The summed E-state index contributed by atoms with van der Waals surface area (Å²) in [6.45, 7) is 0. The van der Waals surface area contributed by atoms with E-state index >= 15 is 0 Å². The maximum Gasteiger partial charge on any atom is 0.186 e. The van der Waals surface area contributed by atoms with Gasteiger partial charge in [0.1, 0.15) is 16.9 Å². The van der Waals surface area contributed by atoms with Crippen molar-refractivity contribution in [2.24, 2.45) is 0 Å². The second-order valence-corrected chi connectivity index (χ2v) is 8.68. The summed E-state index contributed by atoms with van der Waals surface area (Å²) in [5.41, 5.74) is 3.91. The molecule has 5 aliphatic carbocycles. The number of ether oxygens (including phenoxy) is 2. The van der Waals surface area contributed by atoms with Gasteiger partial charge < -0.3 is 9.47 Å². The van der Waals surface area contributed by atoms with Gasteiger partial charge in [-0.2, -0.15) is 0 Å². The van der Waals surface area contributed by atoms with Crippen LogP contribution in [-0.2, 0) is 5.41 Å². The minimum atomic E-state index is -1.55. The zero-order chi connectivity index (χ0) is 24.2. The first-order valence-electron chi connectivity index (χ1n) is 11.4. The average Bonchev–Trinajstić information content (AvgIpc) is 3.44. The summed E-state index contributed by atoms with van der Waals surface area (Å²) in [4.78, 5) is 28.9. The van der Waals surface area contributed by atoms with Crippen LogP contribution in [0.15, 0.2) is 97.1 Å². The molecule has 35 heavy (non-hydrogen) atoms. The Balaban J connectivity index is 1.75. The molecule has 170 valence electrons. The molecule has 0 aromatic heterocycles. The van der Waals surface area contributed by atoms with Crippen LogP contribution >= 0.6 is 0 Å². The van der Waals surface area contributed by atoms with Crippen LogP contribution in [0.3, 0.4) is 0 Å². The molecule has 0 saturated heterocycles. The predicted octanol–water partition coefficient (Wildman–Crippen LogP) is 6.28. The molecule has 1 aromatic carbocycles. The number of Topliss-reactive ketones (excluding diaryl/α,β-unsaturated/α-hetero) is 2. The van der Waals surface area contributed by atoms with E-state index in [0.29, 0.717) is 33.8 Å². The van der Waals surface area contributed by atoms with Crippen LogP contribution in [0.25, 0.3) is 22.3 Å². The van der Waals surface area contributed by atoms with E-state index < -0.39 is 5.41 Å². The van der Waals surface area contributed by atoms with Gasteiger partial charge in [-0.25, -0.2) is 0 Å². The standard InChI is InChI=1S/C31H22O4/c1-34-26-13-8-6-10-20-21(26)16-18-24(20)31(29(32)22-11-4-5-12-23(22)30(31)33)25-17-15-19-9-3-7-14-27(35-2)28(19)25/h3-18H,1-2H3. The molecule has 0 radical (unpaired) electrons. The van der Waals surface area contributed by atoms with E-state index in [1.807, 2.05) is 72.8 Å². The first-order valence-corrected chi connectivity index (χ1v) is 11.4. The molecule has 0 unspecified atom stereocenters. The van der Waals surface area contributed by atoms with Crippen LogP contribution in [0.4, 0.5) is 0 Å². The van der Waals surface area contributed by atoms with Crippen molar-refractivity contribution in [2.45, 2.75) is 5.41 Å². The summed E-state index contributed by atoms with van der Waals surface area (Å²) in [5.74, 6) is 0.840. The number of rotatable bonds is 4. The number of hydrogen-bond acceptors (Lipinski definition) is 4. The average molecular weight is 459 g/mol. The van der Waals surface area contributed by atoms with Crippen molar-refractivity contribution in [3.63, 3.8) is 0 Å². The number of ketones is 2. The highest BCUT2D eigenvalue weighted by Gasteiger charge is 2.58. The zero-order valence-electron chi connectivity index (χ0n) is 19.4. The van der Waals surface area contributed by atoms with Crippen LogP contribution in [-0.4, -0.2) is 25.8 Å². The monoisotopic (exact) mass is 458 g/mol. The Morgan fingerprint density at radius 3 is 1.71 bits per heavy atom. The Hall–Kier alpha value is -4.44. The molecule has 0 spiro atoms. The van der Waals surface area contributed by atoms with E-state index in [-0.39, 0.29) is 11.6 Å². The number of fused-ring (bicyclic) bond motifs is 3. The maximum absolute atomic E-state index is 14.4. The minimum Gasteiger partial charge on any atom is -0.496 e. The van der Waals surface area contributed by atoms with Crippen molar-refractivity contribution < 1.29 is 19.1 Å². The van der Waals surface area contributed by atoms with Gasteiger partial charge in [0, 0.05) is 22.3 Å². The van der Waals surface area contributed by atoms with Gasteiger partial charge in [0.05, 0.1) is 14.2 Å². The van der Waals surface area contributed by atoms with Gasteiger partial charge in [0.25, 0.3) is 0 Å². The van der Waals surface area contributed by atoms with Gasteiger partial charge >= 0.3 is 0 Å². The summed E-state index contributed by atoms with van der Waals surface area (Å²) in [6.07, 6.45) is 0. The van der Waals surface area contributed by atoms with Gasteiger partial charge in [-0.3, -0.25) is 9.59 Å². The number of hydrogen-bond donors (Lipinski definition) is 0. The van der Waals surface area contributed by atoms with Gasteiger partial charge in [0.15, 0.2) is 11.6 Å². The fourth-order valence-electron chi connectivity index (χ4n) is 5.57. The molecule has 0 bridgehead atoms. The highest BCUT2D eigenvalue weighted by atomic mass is 16.5. The third-order valence-electron chi connectivity index (χ3n) is 7.10. The molecule has 0 amide bonds. The normalized spacial score (nSPS) is 14.3. The predicted molar refractivity (Wildman–Crippen MR) is 135 cm³/mol. The summed E-state index contributed by atoms with van der Waals surface area (Å²) >= 11 is 0. The summed E-state index contributed by atoms with van der Waals surface area (Å²) in [5, 5.41) is 0. The van der Waals surface area contributed by atoms with Crippen molar-refractivity contribution in [3.8, 4) is 33.8 Å². The van der Waals surface area contributed by atoms with Gasteiger partial charge in [-0.1, -0.05) is 84.9 Å². The van der Waals surface area contributed by atoms with Gasteiger partial charge in [-0.15, -0.1) is 0 Å². The third kappa shape index (κ3) is 2.74. The Bertz CT molecular complexity index is 1530. The lowest BCUT2D eigenvalue weighted by Gasteiger charge is -2.28. The van der Waals surface area contributed by atoms with Crippen LogP contribution in [0.1, 0.15) is 31.8 Å². The second-order valence-electron chi connectivity index (χ2n) is 8.68. The van der Waals surface area contributed by atoms with Crippen LogP contribution in [0.5, 0.6) is 11.5 Å². The highest BCUT2D eigenvalue weighted by molar-refractivity contribution is 6.36. The van der Waals surface area contributed by atoms with Crippen LogP contribution in [0, 0.1) is 0 Å². The second kappa shape index (κ2) is 7.81. The summed E-state index contributed by atoms with van der Waals surface area (Å²) in [6, 6.07) is 30.0. The van der Waals surface area contributed by atoms with Crippen molar-refractivity contribution in [1.29, 1.82) is 0 Å². The lowest BCUT2D eigenvalue weighted by molar-refractivity contribution is 0.0830. The maximum atomic E-state index is 14.4. The van der Waals surface area contributed by atoms with E-state index in [0.717, 1.165) is 22.3 Å². The van der Waals surface area contributed by atoms with Gasteiger partial charge in [-0.05, 0) is 34.4 Å². The van der Waals surface area contributed by atoms with E-state index in [4.69, 9.17) is 9.47 Å². The Kier molecular flexibility index (Phi) is 4.71. The molecular weight excluding hydrogens is 436 g/mol. The molecule has 0 atom stereocenters. The molecular formula is C31H22O4. The molecule has 6 rings (SSSR count). The lowest BCUT2D eigenvalue weighted by Crippen LogP contribution is -2.39. The molecule has 0 heterocycles. The Morgan fingerprint density at radius 2 is 1.06 bits per heavy atom. The van der Waals surface area contributed by atoms with Crippen LogP contribution < -0.4 is 9.47 Å². The molecule has 1 aromatic rings. The van der Waals surface area contributed by atoms with E-state index in [9.17, 15) is 9.59 Å². The van der Waals surface area contributed by atoms with Crippen molar-refractivity contribution in [2.75, 3.05) is 14.2 Å². The molecule has 0 aliphatic heterocycles. The molecule has 0 fully saturated rings. The number of benzene rings is 1. The molecule has 0 saturated carbocycles. The van der Waals surface area contributed by atoms with E-state index in [1.165, 1.54) is 0 Å². The largest absolute Gasteiger partial charge is 0.496 e. The number of carbonyl (C=O) groups is 2. The molecule has 4 heteroatoms. The van der Waals surface area contributed by atoms with Gasteiger partial charge in [0.2, 0.25) is 0 Å². The molecule has 0 N–H and O–H groups in total. The van der Waals surface area contributed by atoms with Crippen molar-refractivity contribution >= 4 is 11.6 Å². The van der Waals surface area contributed by atoms with Crippen molar-refractivity contribution in [3.05, 3.63) is 119 Å². The Labute approximate surface area is 203 Å².